The topological polar surface area (TPSA) is 35.6 Å². The van der Waals surface area contributed by atoms with Crippen molar-refractivity contribution in [1.29, 1.82) is 0 Å². The van der Waals surface area contributed by atoms with Crippen molar-refractivity contribution in [3.8, 4) is 0 Å². The number of piperidine rings is 1. The highest BCUT2D eigenvalue weighted by Crippen LogP contribution is 2.24. The van der Waals surface area contributed by atoms with Crippen LogP contribution in [-0.4, -0.2) is 61.0 Å². The second-order valence-corrected chi connectivity index (χ2v) is 6.74. The minimum Gasteiger partial charge on any atom is -0.337 e. The molecule has 0 aromatic carbocycles. The molecule has 1 N–H and O–H groups in total. The van der Waals surface area contributed by atoms with Crippen LogP contribution in [0.3, 0.4) is 0 Å². The monoisotopic (exact) mass is 267 g/mol. The zero-order chi connectivity index (χ0) is 14.0. The van der Waals surface area contributed by atoms with Crippen molar-refractivity contribution in [1.82, 2.24) is 15.1 Å². The molecule has 1 saturated heterocycles. The molecule has 4 nitrogen and oxygen atoms in total. The number of amides is 1. The van der Waals surface area contributed by atoms with Gasteiger partial charge in [0, 0.05) is 25.2 Å². The second-order valence-electron chi connectivity index (χ2n) is 6.74. The Morgan fingerprint density at radius 1 is 1.32 bits per heavy atom. The summed E-state index contributed by atoms with van der Waals surface area (Å²) < 4.78 is 0. The Balaban J connectivity index is 2.00. The van der Waals surface area contributed by atoms with Crippen LogP contribution in [0.15, 0.2) is 0 Å². The Morgan fingerprint density at radius 2 is 2.00 bits per heavy atom. The minimum absolute atomic E-state index is 0.0738. The first-order valence-electron chi connectivity index (χ1n) is 7.70. The van der Waals surface area contributed by atoms with E-state index in [1.54, 1.807) is 0 Å². The highest BCUT2D eigenvalue weighted by Gasteiger charge is 2.37. The summed E-state index contributed by atoms with van der Waals surface area (Å²) in [7, 11) is 4.17. The number of nitrogens with zero attached hydrogens (tertiary/aromatic N) is 2. The minimum atomic E-state index is 0.0738. The molecule has 2 unspecified atom stereocenters. The van der Waals surface area contributed by atoms with Crippen LogP contribution in [0.1, 0.15) is 39.5 Å². The van der Waals surface area contributed by atoms with E-state index in [1.165, 1.54) is 12.8 Å². The smallest absolute Gasteiger partial charge is 0.240 e. The quantitative estimate of drug-likeness (QED) is 0.788. The molecule has 2 aliphatic rings. The fraction of sp³-hybridized carbons (Fsp3) is 0.933. The molecule has 0 aromatic heterocycles. The van der Waals surface area contributed by atoms with Crippen LogP contribution in [0.25, 0.3) is 0 Å². The standard InChI is InChI=1S/C15H29N3O/c1-11(2)14(10-17(3)4)18-9-5-6-13(15(18)19)16-12-7-8-12/h11-14,16H,5-10H2,1-4H3. The summed E-state index contributed by atoms with van der Waals surface area (Å²) in [5.74, 6) is 0.838. The van der Waals surface area contributed by atoms with Gasteiger partial charge in [0.05, 0.1) is 6.04 Å². The number of carbonyl (C=O) groups is 1. The molecule has 2 atom stereocenters. The van der Waals surface area contributed by atoms with Crippen molar-refractivity contribution in [2.75, 3.05) is 27.2 Å². The fourth-order valence-electron chi connectivity index (χ4n) is 2.96. The summed E-state index contributed by atoms with van der Waals surface area (Å²) in [5, 5.41) is 3.51. The Morgan fingerprint density at radius 3 is 2.53 bits per heavy atom. The van der Waals surface area contributed by atoms with E-state index in [4.69, 9.17) is 0 Å². The molecule has 0 spiro atoms. The van der Waals surface area contributed by atoms with Crippen LogP contribution >= 0.6 is 0 Å². The van der Waals surface area contributed by atoms with Gasteiger partial charge in [0.15, 0.2) is 0 Å². The molecule has 1 aliphatic heterocycles. The molecular formula is C15H29N3O. The Kier molecular flexibility index (Phi) is 4.85. The van der Waals surface area contributed by atoms with Crippen LogP contribution in [-0.2, 0) is 4.79 Å². The van der Waals surface area contributed by atoms with Crippen molar-refractivity contribution >= 4 is 5.91 Å². The van der Waals surface area contributed by atoms with Crippen molar-refractivity contribution in [2.45, 2.75) is 57.7 Å². The third kappa shape index (κ3) is 3.93. The number of hydrogen-bond donors (Lipinski definition) is 1. The van der Waals surface area contributed by atoms with Gasteiger partial charge in [0.1, 0.15) is 0 Å². The zero-order valence-corrected chi connectivity index (χ0v) is 12.9. The van der Waals surface area contributed by atoms with E-state index in [2.05, 4.69) is 43.1 Å². The SMILES string of the molecule is CC(C)C(CN(C)C)N1CCCC(NC2CC2)C1=O. The van der Waals surface area contributed by atoms with Crippen LogP contribution < -0.4 is 5.32 Å². The molecule has 0 bridgehead atoms. The van der Waals surface area contributed by atoms with Gasteiger partial charge in [0.25, 0.3) is 0 Å². The maximum Gasteiger partial charge on any atom is 0.240 e. The average molecular weight is 267 g/mol. The molecule has 4 heteroatoms. The molecular weight excluding hydrogens is 238 g/mol. The zero-order valence-electron chi connectivity index (χ0n) is 12.9. The first kappa shape index (κ1) is 14.8. The van der Waals surface area contributed by atoms with E-state index in [9.17, 15) is 4.79 Å². The van der Waals surface area contributed by atoms with E-state index < -0.39 is 0 Å². The third-order valence-electron chi connectivity index (χ3n) is 4.21. The van der Waals surface area contributed by atoms with Crippen molar-refractivity contribution in [3.05, 3.63) is 0 Å². The molecule has 19 heavy (non-hydrogen) atoms. The first-order chi connectivity index (χ1) is 8.99. The van der Waals surface area contributed by atoms with Crippen molar-refractivity contribution in [2.24, 2.45) is 5.92 Å². The number of hydrogen-bond acceptors (Lipinski definition) is 3. The van der Waals surface area contributed by atoms with E-state index in [0.29, 0.717) is 23.9 Å². The van der Waals surface area contributed by atoms with Gasteiger partial charge in [-0.15, -0.1) is 0 Å². The van der Waals surface area contributed by atoms with Gasteiger partial charge in [-0.1, -0.05) is 13.8 Å². The first-order valence-corrected chi connectivity index (χ1v) is 7.70. The average Bonchev–Trinajstić information content (AvgIpc) is 3.13. The molecule has 0 aromatic rings. The predicted molar refractivity (Wildman–Crippen MR) is 78.1 cm³/mol. The molecule has 0 radical (unpaired) electrons. The van der Waals surface area contributed by atoms with E-state index in [-0.39, 0.29) is 6.04 Å². The Labute approximate surface area is 117 Å². The molecule has 1 aliphatic carbocycles. The maximum atomic E-state index is 12.7. The number of likely N-dealkylation sites (tertiary alicyclic amines) is 1. The lowest BCUT2D eigenvalue weighted by molar-refractivity contribution is -0.140. The largest absolute Gasteiger partial charge is 0.337 e. The van der Waals surface area contributed by atoms with E-state index in [0.717, 1.165) is 25.9 Å². The molecule has 1 saturated carbocycles. The predicted octanol–water partition coefficient (Wildman–Crippen LogP) is 1.32. The molecule has 1 amide bonds. The number of nitrogens with one attached hydrogen (secondary N) is 1. The van der Waals surface area contributed by atoms with Gasteiger partial charge in [0.2, 0.25) is 5.91 Å². The van der Waals surface area contributed by atoms with Crippen molar-refractivity contribution in [3.63, 3.8) is 0 Å². The van der Waals surface area contributed by atoms with Crippen LogP contribution in [0.4, 0.5) is 0 Å². The third-order valence-corrected chi connectivity index (χ3v) is 4.21. The molecule has 110 valence electrons. The summed E-state index contributed by atoms with van der Waals surface area (Å²) in [6.45, 7) is 6.33. The molecule has 2 fully saturated rings. The van der Waals surface area contributed by atoms with Gasteiger partial charge in [-0.25, -0.2) is 0 Å². The molecule has 1 heterocycles. The summed E-state index contributed by atoms with van der Waals surface area (Å²) in [4.78, 5) is 17.0. The van der Waals surface area contributed by atoms with Crippen LogP contribution in [0, 0.1) is 5.92 Å². The molecule has 2 rings (SSSR count). The number of likely N-dealkylation sites (N-methyl/N-ethyl adjacent to an activating group) is 1. The van der Waals surface area contributed by atoms with E-state index in [1.807, 2.05) is 0 Å². The van der Waals surface area contributed by atoms with Crippen LogP contribution in [0.5, 0.6) is 0 Å². The van der Waals surface area contributed by atoms with Gasteiger partial charge in [-0.3, -0.25) is 4.79 Å². The van der Waals surface area contributed by atoms with Gasteiger partial charge in [-0.05, 0) is 45.7 Å². The Hall–Kier alpha value is -0.610. The summed E-state index contributed by atoms with van der Waals surface area (Å²) in [6, 6.07) is 1.02. The summed E-state index contributed by atoms with van der Waals surface area (Å²) in [5.41, 5.74) is 0. The highest BCUT2D eigenvalue weighted by atomic mass is 16.2. The normalized spacial score (nSPS) is 26.3. The van der Waals surface area contributed by atoms with Gasteiger partial charge < -0.3 is 15.1 Å². The van der Waals surface area contributed by atoms with Gasteiger partial charge in [-0.2, -0.15) is 0 Å². The lowest BCUT2D eigenvalue weighted by Gasteiger charge is -2.41. The lowest BCUT2D eigenvalue weighted by atomic mass is 9.96. The lowest BCUT2D eigenvalue weighted by Crippen LogP contribution is -2.57. The van der Waals surface area contributed by atoms with E-state index >= 15 is 0 Å². The number of carbonyl (C=O) groups excluding carboxylic acids is 1. The maximum absolute atomic E-state index is 12.7. The van der Waals surface area contributed by atoms with Gasteiger partial charge >= 0.3 is 0 Å². The number of rotatable bonds is 6. The second kappa shape index (κ2) is 6.23. The van der Waals surface area contributed by atoms with Crippen LogP contribution in [0.2, 0.25) is 0 Å². The summed E-state index contributed by atoms with van der Waals surface area (Å²) >= 11 is 0. The fourth-order valence-corrected chi connectivity index (χ4v) is 2.96. The Bertz CT molecular complexity index is 313. The highest BCUT2D eigenvalue weighted by molar-refractivity contribution is 5.83. The van der Waals surface area contributed by atoms with Crippen molar-refractivity contribution < 1.29 is 4.79 Å². The summed E-state index contributed by atoms with van der Waals surface area (Å²) in [6.07, 6.45) is 4.63.